The monoisotopic (exact) mass is 284 g/mol. The van der Waals surface area contributed by atoms with Crippen molar-refractivity contribution in [1.82, 2.24) is 14.7 Å². The molecule has 1 heterocycles. The van der Waals surface area contributed by atoms with Crippen LogP contribution < -0.4 is 10.0 Å². The van der Waals surface area contributed by atoms with Crippen molar-refractivity contribution >= 4 is 16.0 Å². The Balaban J connectivity index is 2.08. The molecule has 0 saturated heterocycles. The quantitative estimate of drug-likeness (QED) is 0.853. The zero-order chi connectivity index (χ0) is 13.9. The molecule has 2 N–H and O–H groups in total. The summed E-state index contributed by atoms with van der Waals surface area (Å²) in [6.45, 7) is 1.93. The van der Waals surface area contributed by atoms with E-state index in [9.17, 15) is 8.42 Å². The topological polar surface area (TPSA) is 84.0 Å². The predicted molar refractivity (Wildman–Crippen MR) is 73.3 cm³/mol. The number of rotatable bonds is 5. The van der Waals surface area contributed by atoms with Crippen molar-refractivity contribution in [3.63, 3.8) is 0 Å². The van der Waals surface area contributed by atoms with Gasteiger partial charge in [-0.3, -0.25) is 0 Å². The molecule has 0 aliphatic heterocycles. The van der Waals surface area contributed by atoms with Crippen LogP contribution in [0.1, 0.15) is 32.6 Å². The molecule has 0 radical (unpaired) electrons. The van der Waals surface area contributed by atoms with E-state index in [2.05, 4.69) is 20.0 Å². The van der Waals surface area contributed by atoms with Gasteiger partial charge in [-0.25, -0.2) is 23.1 Å². The Labute approximate surface area is 114 Å². The van der Waals surface area contributed by atoms with E-state index in [0.717, 1.165) is 12.8 Å². The molecule has 1 aliphatic carbocycles. The van der Waals surface area contributed by atoms with Crippen molar-refractivity contribution in [1.29, 1.82) is 0 Å². The average Bonchev–Trinajstić information content (AvgIpc) is 2.92. The molecule has 1 unspecified atom stereocenters. The first-order valence-corrected chi connectivity index (χ1v) is 8.03. The summed E-state index contributed by atoms with van der Waals surface area (Å²) in [4.78, 5) is 7.96. The highest BCUT2D eigenvalue weighted by Gasteiger charge is 2.26. The third-order valence-electron chi connectivity index (χ3n) is 3.61. The van der Waals surface area contributed by atoms with Crippen LogP contribution >= 0.6 is 0 Å². The number of hydrogen-bond donors (Lipinski definition) is 2. The van der Waals surface area contributed by atoms with Gasteiger partial charge in [0.15, 0.2) is 0 Å². The van der Waals surface area contributed by atoms with E-state index >= 15 is 0 Å². The summed E-state index contributed by atoms with van der Waals surface area (Å²) in [6, 6.07) is -0.0449. The fraction of sp³-hybridized carbons (Fsp3) is 0.667. The first kappa shape index (κ1) is 14.2. The molecular formula is C12H20N4O2S. The van der Waals surface area contributed by atoms with E-state index in [1.807, 2.05) is 6.92 Å². The minimum Gasteiger partial charge on any atom is -0.357 e. The summed E-state index contributed by atoms with van der Waals surface area (Å²) in [5.41, 5.74) is 0. The molecule has 1 aromatic heterocycles. The van der Waals surface area contributed by atoms with Crippen LogP contribution in [0.15, 0.2) is 17.3 Å². The van der Waals surface area contributed by atoms with E-state index < -0.39 is 10.0 Å². The van der Waals surface area contributed by atoms with Gasteiger partial charge in [0.2, 0.25) is 16.0 Å². The number of nitrogens with zero attached hydrogens (tertiary/aromatic N) is 2. The van der Waals surface area contributed by atoms with Gasteiger partial charge in [0.25, 0.3) is 0 Å². The van der Waals surface area contributed by atoms with E-state index in [-0.39, 0.29) is 10.9 Å². The molecule has 0 amide bonds. The SMILES string of the molecule is CNc1ncc(S(=O)(=O)NC(C)C2CCCC2)cn1. The van der Waals surface area contributed by atoms with Crippen LogP contribution in [-0.4, -0.2) is 31.5 Å². The molecular weight excluding hydrogens is 264 g/mol. The summed E-state index contributed by atoms with van der Waals surface area (Å²) in [5, 5.41) is 2.75. The van der Waals surface area contributed by atoms with Gasteiger partial charge in [0.05, 0.1) is 12.4 Å². The van der Waals surface area contributed by atoms with Crippen LogP contribution in [-0.2, 0) is 10.0 Å². The van der Waals surface area contributed by atoms with Gasteiger partial charge in [-0.05, 0) is 25.7 Å². The Morgan fingerprint density at radius 3 is 2.37 bits per heavy atom. The highest BCUT2D eigenvalue weighted by molar-refractivity contribution is 7.89. The van der Waals surface area contributed by atoms with Gasteiger partial charge in [0, 0.05) is 13.1 Å². The fourth-order valence-corrected chi connectivity index (χ4v) is 3.65. The summed E-state index contributed by atoms with van der Waals surface area (Å²) in [5.74, 6) is 0.843. The number of hydrogen-bond acceptors (Lipinski definition) is 5. The second kappa shape index (κ2) is 5.83. The Morgan fingerprint density at radius 1 is 1.26 bits per heavy atom. The number of anilines is 1. The first-order valence-electron chi connectivity index (χ1n) is 6.55. The first-order chi connectivity index (χ1) is 9.03. The van der Waals surface area contributed by atoms with E-state index in [1.54, 1.807) is 7.05 Å². The van der Waals surface area contributed by atoms with Crippen LogP contribution in [0.3, 0.4) is 0 Å². The van der Waals surface area contributed by atoms with E-state index in [1.165, 1.54) is 25.2 Å². The van der Waals surface area contributed by atoms with Gasteiger partial charge in [-0.2, -0.15) is 0 Å². The largest absolute Gasteiger partial charge is 0.357 e. The summed E-state index contributed by atoms with van der Waals surface area (Å²) >= 11 is 0. The summed E-state index contributed by atoms with van der Waals surface area (Å²) in [7, 11) is -1.84. The maximum atomic E-state index is 12.2. The lowest BCUT2D eigenvalue weighted by molar-refractivity contribution is 0.424. The number of nitrogens with one attached hydrogen (secondary N) is 2. The van der Waals surface area contributed by atoms with Crippen molar-refractivity contribution in [2.24, 2.45) is 5.92 Å². The zero-order valence-electron chi connectivity index (χ0n) is 11.3. The molecule has 1 atom stereocenters. The predicted octanol–water partition coefficient (Wildman–Crippen LogP) is 1.38. The molecule has 1 aliphatic rings. The fourth-order valence-electron chi connectivity index (χ4n) is 2.45. The third-order valence-corrected chi connectivity index (χ3v) is 5.12. The lowest BCUT2D eigenvalue weighted by atomic mass is 10.0. The normalized spacial score (nSPS) is 18.4. The molecule has 1 aromatic rings. The second-order valence-electron chi connectivity index (χ2n) is 4.95. The smallest absolute Gasteiger partial charge is 0.243 e. The van der Waals surface area contributed by atoms with Gasteiger partial charge in [-0.15, -0.1) is 0 Å². The Hall–Kier alpha value is -1.21. The van der Waals surface area contributed by atoms with Crippen molar-refractivity contribution in [2.75, 3.05) is 12.4 Å². The second-order valence-corrected chi connectivity index (χ2v) is 6.66. The molecule has 19 heavy (non-hydrogen) atoms. The lowest BCUT2D eigenvalue weighted by Crippen LogP contribution is -2.37. The molecule has 6 nitrogen and oxygen atoms in total. The van der Waals surface area contributed by atoms with Crippen molar-refractivity contribution < 1.29 is 8.42 Å². The van der Waals surface area contributed by atoms with Gasteiger partial charge in [0.1, 0.15) is 4.90 Å². The van der Waals surface area contributed by atoms with E-state index in [0.29, 0.717) is 11.9 Å². The molecule has 106 valence electrons. The third kappa shape index (κ3) is 3.42. The number of aromatic nitrogens is 2. The molecule has 7 heteroatoms. The van der Waals surface area contributed by atoms with Crippen molar-refractivity contribution in [3.05, 3.63) is 12.4 Å². The molecule has 0 spiro atoms. The molecule has 1 saturated carbocycles. The van der Waals surface area contributed by atoms with Crippen LogP contribution in [0.5, 0.6) is 0 Å². The van der Waals surface area contributed by atoms with Crippen LogP contribution in [0.2, 0.25) is 0 Å². The Bertz CT molecular complexity index is 509. The highest BCUT2D eigenvalue weighted by Crippen LogP contribution is 2.28. The maximum Gasteiger partial charge on any atom is 0.243 e. The minimum atomic E-state index is -3.52. The van der Waals surface area contributed by atoms with Crippen LogP contribution in [0.25, 0.3) is 0 Å². The van der Waals surface area contributed by atoms with E-state index in [4.69, 9.17) is 0 Å². The summed E-state index contributed by atoms with van der Waals surface area (Å²) in [6.07, 6.45) is 7.22. The highest BCUT2D eigenvalue weighted by atomic mass is 32.2. The molecule has 0 bridgehead atoms. The average molecular weight is 284 g/mol. The minimum absolute atomic E-state index is 0.0449. The molecule has 2 rings (SSSR count). The maximum absolute atomic E-state index is 12.2. The van der Waals surface area contributed by atoms with Crippen molar-refractivity contribution in [2.45, 2.75) is 43.5 Å². The zero-order valence-corrected chi connectivity index (χ0v) is 12.1. The van der Waals surface area contributed by atoms with Gasteiger partial charge < -0.3 is 5.32 Å². The lowest BCUT2D eigenvalue weighted by Gasteiger charge is -2.20. The van der Waals surface area contributed by atoms with Crippen LogP contribution in [0.4, 0.5) is 5.95 Å². The molecule has 1 fully saturated rings. The summed E-state index contributed by atoms with van der Waals surface area (Å²) < 4.78 is 27.1. The van der Waals surface area contributed by atoms with Crippen molar-refractivity contribution in [3.8, 4) is 0 Å². The standard InChI is InChI=1S/C12H20N4O2S/c1-9(10-5-3-4-6-10)16-19(17,18)11-7-14-12(13-2)15-8-11/h7-10,16H,3-6H2,1-2H3,(H,13,14,15). The number of sulfonamides is 1. The Kier molecular flexibility index (Phi) is 4.36. The van der Waals surface area contributed by atoms with Crippen LogP contribution in [0, 0.1) is 5.92 Å². The van der Waals surface area contributed by atoms with Gasteiger partial charge >= 0.3 is 0 Å². The molecule has 0 aromatic carbocycles. The Morgan fingerprint density at radius 2 is 1.84 bits per heavy atom. The van der Waals surface area contributed by atoms with Gasteiger partial charge in [-0.1, -0.05) is 12.8 Å².